The van der Waals surface area contributed by atoms with Crippen molar-refractivity contribution in [3.63, 3.8) is 0 Å². The maximum Gasteiger partial charge on any atom is 0.194 e. The summed E-state index contributed by atoms with van der Waals surface area (Å²) in [6, 6.07) is 14.7. The number of rotatable bonds is 5. The van der Waals surface area contributed by atoms with Crippen molar-refractivity contribution < 1.29 is 17.6 Å². The molecule has 0 atom stereocenters. The Kier molecular flexibility index (Phi) is 4.99. The van der Waals surface area contributed by atoms with Gasteiger partial charge in [0.1, 0.15) is 5.82 Å². The first-order valence-corrected chi connectivity index (χ1v) is 8.66. The first-order valence-electron chi connectivity index (χ1n) is 8.66. The van der Waals surface area contributed by atoms with E-state index in [4.69, 9.17) is 0 Å². The molecule has 1 heterocycles. The van der Waals surface area contributed by atoms with E-state index in [0.717, 1.165) is 17.7 Å². The van der Waals surface area contributed by atoms with Crippen molar-refractivity contribution in [2.24, 2.45) is 0 Å². The molecule has 3 aromatic carbocycles. The smallest absolute Gasteiger partial charge is 0.194 e. The van der Waals surface area contributed by atoms with E-state index in [1.165, 1.54) is 12.1 Å². The molecule has 0 bridgehead atoms. The molecule has 0 unspecified atom stereocenters. The molecule has 0 saturated carbocycles. The molecule has 0 radical (unpaired) electrons. The molecule has 2 N–H and O–H groups in total. The standard InChI is InChI=1S/C21H14F4N4/c22-13-7-5-12(6-8-13)11-26-20-21(29-18-4-2-1-3-17(18)28-20)27-14-9-15(23)19(25)16(24)10-14/h1-10H,11H2,(H,26,28)(H,27,29). The second-order valence-corrected chi connectivity index (χ2v) is 6.27. The Morgan fingerprint density at radius 3 is 1.93 bits per heavy atom. The molecule has 0 aliphatic carbocycles. The average molecular weight is 398 g/mol. The number of nitrogens with one attached hydrogen (secondary N) is 2. The lowest BCUT2D eigenvalue weighted by Gasteiger charge is -2.14. The van der Waals surface area contributed by atoms with E-state index in [9.17, 15) is 17.6 Å². The summed E-state index contributed by atoms with van der Waals surface area (Å²) in [5.74, 6) is -4.00. The highest BCUT2D eigenvalue weighted by molar-refractivity contribution is 5.81. The molecule has 29 heavy (non-hydrogen) atoms. The lowest BCUT2D eigenvalue weighted by atomic mass is 10.2. The predicted octanol–water partition coefficient (Wildman–Crippen LogP) is 5.54. The Hall–Kier alpha value is -3.68. The minimum Gasteiger partial charge on any atom is -0.363 e. The molecule has 0 saturated heterocycles. The Labute approximate surface area is 163 Å². The lowest BCUT2D eigenvalue weighted by Crippen LogP contribution is -2.07. The highest BCUT2D eigenvalue weighted by atomic mass is 19.2. The van der Waals surface area contributed by atoms with E-state index in [0.29, 0.717) is 23.4 Å². The van der Waals surface area contributed by atoms with Crippen molar-refractivity contribution in [3.8, 4) is 0 Å². The molecule has 1 aromatic heterocycles. The topological polar surface area (TPSA) is 49.8 Å². The Balaban J connectivity index is 1.69. The van der Waals surface area contributed by atoms with Crippen LogP contribution in [0.2, 0.25) is 0 Å². The molecular weight excluding hydrogens is 384 g/mol. The van der Waals surface area contributed by atoms with Crippen molar-refractivity contribution in [3.05, 3.63) is 89.5 Å². The van der Waals surface area contributed by atoms with Crippen molar-refractivity contribution in [2.45, 2.75) is 6.54 Å². The third-order valence-electron chi connectivity index (χ3n) is 4.19. The van der Waals surface area contributed by atoms with Gasteiger partial charge < -0.3 is 10.6 Å². The van der Waals surface area contributed by atoms with Crippen LogP contribution in [0.15, 0.2) is 60.7 Å². The maximum absolute atomic E-state index is 13.6. The van der Waals surface area contributed by atoms with Crippen LogP contribution in [0, 0.1) is 23.3 Å². The monoisotopic (exact) mass is 398 g/mol. The Morgan fingerprint density at radius 2 is 1.31 bits per heavy atom. The molecule has 4 aromatic rings. The van der Waals surface area contributed by atoms with E-state index in [1.54, 1.807) is 36.4 Å². The van der Waals surface area contributed by atoms with Gasteiger partial charge in [-0.15, -0.1) is 0 Å². The second-order valence-electron chi connectivity index (χ2n) is 6.27. The molecular formula is C21H14F4N4. The van der Waals surface area contributed by atoms with E-state index >= 15 is 0 Å². The van der Waals surface area contributed by atoms with Gasteiger partial charge in [0.15, 0.2) is 29.1 Å². The normalized spacial score (nSPS) is 10.9. The fourth-order valence-electron chi connectivity index (χ4n) is 2.76. The van der Waals surface area contributed by atoms with Gasteiger partial charge in [0.25, 0.3) is 0 Å². The first kappa shape index (κ1) is 18.7. The summed E-state index contributed by atoms with van der Waals surface area (Å²) in [6.45, 7) is 0.314. The van der Waals surface area contributed by atoms with Gasteiger partial charge in [0, 0.05) is 24.4 Å². The highest BCUT2D eigenvalue weighted by Crippen LogP contribution is 2.27. The van der Waals surface area contributed by atoms with Crippen molar-refractivity contribution in [1.82, 2.24) is 9.97 Å². The third-order valence-corrected chi connectivity index (χ3v) is 4.19. The zero-order valence-corrected chi connectivity index (χ0v) is 14.9. The molecule has 4 nitrogen and oxygen atoms in total. The third kappa shape index (κ3) is 4.11. The van der Waals surface area contributed by atoms with E-state index in [2.05, 4.69) is 20.6 Å². The summed E-state index contributed by atoms with van der Waals surface area (Å²) in [5, 5.41) is 5.86. The van der Waals surface area contributed by atoms with Gasteiger partial charge in [-0.25, -0.2) is 27.5 Å². The molecule has 0 spiro atoms. The zero-order chi connectivity index (χ0) is 20.4. The fraction of sp³-hybridized carbons (Fsp3) is 0.0476. The number of aromatic nitrogens is 2. The predicted molar refractivity (Wildman–Crippen MR) is 103 cm³/mol. The van der Waals surface area contributed by atoms with Crippen LogP contribution in [0.25, 0.3) is 11.0 Å². The molecule has 0 amide bonds. The minimum absolute atomic E-state index is 0.0178. The summed E-state index contributed by atoms with van der Waals surface area (Å²) in [5.41, 5.74) is 1.95. The maximum atomic E-state index is 13.6. The summed E-state index contributed by atoms with van der Waals surface area (Å²) >= 11 is 0. The molecule has 0 aliphatic heterocycles. The van der Waals surface area contributed by atoms with Gasteiger partial charge in [-0.05, 0) is 29.8 Å². The first-order chi connectivity index (χ1) is 14.0. The number of hydrogen-bond acceptors (Lipinski definition) is 4. The van der Waals surface area contributed by atoms with Gasteiger partial charge in [0.2, 0.25) is 0 Å². The van der Waals surface area contributed by atoms with Crippen LogP contribution >= 0.6 is 0 Å². The van der Waals surface area contributed by atoms with Crippen molar-refractivity contribution in [2.75, 3.05) is 10.6 Å². The zero-order valence-electron chi connectivity index (χ0n) is 14.9. The van der Waals surface area contributed by atoms with Crippen LogP contribution in [-0.4, -0.2) is 9.97 Å². The number of para-hydroxylation sites is 2. The second kappa shape index (κ2) is 7.75. The van der Waals surface area contributed by atoms with Gasteiger partial charge >= 0.3 is 0 Å². The summed E-state index contributed by atoms with van der Waals surface area (Å²) in [6.07, 6.45) is 0. The van der Waals surface area contributed by atoms with Crippen LogP contribution < -0.4 is 10.6 Å². The van der Waals surface area contributed by atoms with Crippen LogP contribution in [-0.2, 0) is 6.54 Å². The van der Waals surface area contributed by atoms with E-state index < -0.39 is 17.5 Å². The molecule has 0 fully saturated rings. The average Bonchev–Trinajstić information content (AvgIpc) is 2.71. The summed E-state index contributed by atoms with van der Waals surface area (Å²) < 4.78 is 53.4. The molecule has 4 rings (SSSR count). The van der Waals surface area contributed by atoms with Gasteiger partial charge in [-0.1, -0.05) is 24.3 Å². The Bertz CT molecular complexity index is 1160. The number of fused-ring (bicyclic) bond motifs is 1. The largest absolute Gasteiger partial charge is 0.363 e. The van der Waals surface area contributed by atoms with Gasteiger partial charge in [0.05, 0.1) is 11.0 Å². The van der Waals surface area contributed by atoms with E-state index in [1.807, 2.05) is 0 Å². The van der Waals surface area contributed by atoms with Crippen LogP contribution in [0.4, 0.5) is 34.9 Å². The summed E-state index contributed by atoms with van der Waals surface area (Å²) in [7, 11) is 0. The van der Waals surface area contributed by atoms with E-state index in [-0.39, 0.29) is 17.3 Å². The Morgan fingerprint density at radius 1 is 0.724 bits per heavy atom. The molecule has 0 aliphatic rings. The fourth-order valence-corrected chi connectivity index (χ4v) is 2.76. The SMILES string of the molecule is Fc1ccc(CNc2nc3ccccc3nc2Nc2cc(F)c(F)c(F)c2)cc1. The quantitative estimate of drug-likeness (QED) is 0.342. The van der Waals surface area contributed by atoms with Crippen LogP contribution in [0.1, 0.15) is 5.56 Å². The summed E-state index contributed by atoms with van der Waals surface area (Å²) in [4.78, 5) is 8.94. The molecule has 146 valence electrons. The highest BCUT2D eigenvalue weighted by Gasteiger charge is 2.14. The number of halogens is 4. The molecule has 8 heteroatoms. The van der Waals surface area contributed by atoms with Crippen LogP contribution in [0.5, 0.6) is 0 Å². The number of hydrogen-bond donors (Lipinski definition) is 2. The lowest BCUT2D eigenvalue weighted by molar-refractivity contribution is 0.448. The number of anilines is 3. The number of benzene rings is 3. The van der Waals surface area contributed by atoms with Gasteiger partial charge in [-0.2, -0.15) is 0 Å². The van der Waals surface area contributed by atoms with Crippen molar-refractivity contribution in [1.29, 1.82) is 0 Å². The number of nitrogens with zero attached hydrogens (tertiary/aromatic N) is 2. The van der Waals surface area contributed by atoms with Gasteiger partial charge in [-0.3, -0.25) is 0 Å². The van der Waals surface area contributed by atoms with Crippen molar-refractivity contribution >= 4 is 28.4 Å². The van der Waals surface area contributed by atoms with Crippen LogP contribution in [0.3, 0.4) is 0 Å². The minimum atomic E-state index is -1.55.